The number of nitro benzene ring substituents is 1. The number of hydrogen-bond donors (Lipinski definition) is 1. The van der Waals surface area contributed by atoms with Crippen LogP contribution in [0.1, 0.15) is 36.2 Å². The highest BCUT2D eigenvalue weighted by Gasteiger charge is 2.48. The minimum Gasteiger partial charge on any atom is -0.382 e. The molecule has 2 aliphatic heterocycles. The summed E-state index contributed by atoms with van der Waals surface area (Å²) in [5.74, 6) is -0.260. The number of aromatic amines is 1. The maximum atomic E-state index is 13.6. The van der Waals surface area contributed by atoms with Crippen LogP contribution in [-0.2, 0) is 20.7 Å². The lowest BCUT2D eigenvalue weighted by atomic mass is 9.86. The Labute approximate surface area is 196 Å². The van der Waals surface area contributed by atoms with Crippen LogP contribution in [0.5, 0.6) is 0 Å². The quantitative estimate of drug-likeness (QED) is 0.330. The maximum absolute atomic E-state index is 13.6. The molecule has 3 heterocycles. The molecule has 1 N–H and O–H groups in total. The van der Waals surface area contributed by atoms with Gasteiger partial charge in [-0.15, -0.1) is 0 Å². The van der Waals surface area contributed by atoms with Crippen LogP contribution in [0.4, 0.5) is 5.69 Å². The number of fused-ring (bicyclic) bond motifs is 4. The van der Waals surface area contributed by atoms with E-state index < -0.39 is 17.0 Å². The first kappa shape index (κ1) is 22.1. The van der Waals surface area contributed by atoms with Crippen molar-refractivity contribution in [1.82, 2.24) is 14.8 Å². The molecule has 2 amide bonds. The van der Waals surface area contributed by atoms with Gasteiger partial charge in [0.2, 0.25) is 11.8 Å². The van der Waals surface area contributed by atoms with Gasteiger partial charge in [-0.3, -0.25) is 19.7 Å². The second-order valence-corrected chi connectivity index (χ2v) is 8.65. The molecule has 9 nitrogen and oxygen atoms in total. The van der Waals surface area contributed by atoms with Crippen molar-refractivity contribution in [2.24, 2.45) is 0 Å². The van der Waals surface area contributed by atoms with Crippen molar-refractivity contribution in [3.63, 3.8) is 0 Å². The van der Waals surface area contributed by atoms with Crippen molar-refractivity contribution >= 4 is 28.4 Å². The molecular formula is C25H26N4O5. The zero-order valence-electron chi connectivity index (χ0n) is 18.9. The van der Waals surface area contributed by atoms with Crippen LogP contribution in [0.25, 0.3) is 10.9 Å². The summed E-state index contributed by atoms with van der Waals surface area (Å²) in [5, 5.41) is 12.5. The van der Waals surface area contributed by atoms with Gasteiger partial charge in [-0.05, 0) is 30.5 Å². The van der Waals surface area contributed by atoms with Crippen LogP contribution in [0, 0.1) is 10.1 Å². The Morgan fingerprint density at radius 1 is 1.18 bits per heavy atom. The summed E-state index contributed by atoms with van der Waals surface area (Å²) in [6.45, 7) is 3.51. The van der Waals surface area contributed by atoms with Crippen LogP contribution >= 0.6 is 0 Å². The summed E-state index contributed by atoms with van der Waals surface area (Å²) in [4.78, 5) is 44.7. The summed E-state index contributed by atoms with van der Waals surface area (Å²) >= 11 is 0. The van der Waals surface area contributed by atoms with E-state index in [4.69, 9.17) is 4.74 Å². The van der Waals surface area contributed by atoms with Gasteiger partial charge in [-0.2, -0.15) is 0 Å². The molecule has 0 aliphatic carbocycles. The zero-order chi connectivity index (χ0) is 23.8. The lowest BCUT2D eigenvalue weighted by Crippen LogP contribution is -2.63. The third-order valence-corrected chi connectivity index (χ3v) is 6.66. The van der Waals surface area contributed by atoms with E-state index in [-0.39, 0.29) is 24.0 Å². The van der Waals surface area contributed by atoms with Gasteiger partial charge in [0, 0.05) is 54.9 Å². The fourth-order valence-electron chi connectivity index (χ4n) is 5.17. The predicted octanol–water partition coefficient (Wildman–Crippen LogP) is 3.19. The average Bonchev–Trinajstić information content (AvgIpc) is 3.22. The molecule has 0 spiro atoms. The molecule has 2 aromatic carbocycles. The number of hydrogen-bond acceptors (Lipinski definition) is 5. The van der Waals surface area contributed by atoms with Crippen molar-refractivity contribution in [3.05, 3.63) is 75.5 Å². The molecule has 0 bridgehead atoms. The van der Waals surface area contributed by atoms with E-state index in [1.807, 2.05) is 31.2 Å². The summed E-state index contributed by atoms with van der Waals surface area (Å²) < 4.78 is 5.39. The normalized spacial score (nSPS) is 19.9. The average molecular weight is 463 g/mol. The molecule has 5 rings (SSSR count). The first-order valence-corrected chi connectivity index (χ1v) is 11.5. The van der Waals surface area contributed by atoms with Crippen molar-refractivity contribution < 1.29 is 19.2 Å². The predicted molar refractivity (Wildman–Crippen MR) is 125 cm³/mol. The van der Waals surface area contributed by atoms with E-state index in [9.17, 15) is 19.7 Å². The smallest absolute Gasteiger partial charge is 0.269 e. The highest BCUT2D eigenvalue weighted by molar-refractivity contribution is 5.97. The van der Waals surface area contributed by atoms with Crippen molar-refractivity contribution in [3.8, 4) is 0 Å². The van der Waals surface area contributed by atoms with Crippen LogP contribution in [0.3, 0.4) is 0 Å². The topological polar surface area (TPSA) is 109 Å². The van der Waals surface area contributed by atoms with E-state index in [1.54, 1.807) is 21.9 Å². The van der Waals surface area contributed by atoms with E-state index in [1.165, 1.54) is 12.1 Å². The summed E-state index contributed by atoms with van der Waals surface area (Å²) in [5.41, 5.74) is 3.26. The minimum atomic E-state index is -0.663. The number of non-ortho nitro benzene ring substituents is 1. The fourth-order valence-corrected chi connectivity index (χ4v) is 5.17. The van der Waals surface area contributed by atoms with Gasteiger partial charge in [-0.1, -0.05) is 30.3 Å². The molecule has 2 atom stereocenters. The lowest BCUT2D eigenvalue weighted by Gasteiger charge is -2.47. The molecule has 3 aromatic rings. The second-order valence-electron chi connectivity index (χ2n) is 8.65. The van der Waals surface area contributed by atoms with Crippen LogP contribution in [-0.4, -0.2) is 63.9 Å². The van der Waals surface area contributed by atoms with Gasteiger partial charge in [0.05, 0.1) is 17.5 Å². The number of nitrogens with one attached hydrogen (secondary N) is 1. The van der Waals surface area contributed by atoms with E-state index in [0.717, 1.165) is 22.2 Å². The molecule has 2 aliphatic rings. The van der Waals surface area contributed by atoms with Gasteiger partial charge >= 0.3 is 0 Å². The molecule has 176 valence electrons. The molecule has 1 aromatic heterocycles. The first-order valence-electron chi connectivity index (χ1n) is 11.5. The Hall–Kier alpha value is -3.72. The number of amides is 2. The largest absolute Gasteiger partial charge is 0.382 e. The van der Waals surface area contributed by atoms with Crippen molar-refractivity contribution in [2.45, 2.75) is 31.8 Å². The Kier molecular flexibility index (Phi) is 5.79. The number of carbonyl (C=O) groups excluding carboxylic acids is 2. The molecular weight excluding hydrogens is 436 g/mol. The standard InChI is InChI=1S/C25H26N4O5/c1-2-34-12-6-11-27-15-22(30)28-21(25(27)31)14-19-18-9-3-4-10-20(18)26-23(19)24(28)16-7-5-8-17(13-16)29(32)33/h3-5,7-10,13,21,24,26H,2,6,11-12,14-15H2,1H3/t21-,24-/m1/s1. The number of H-pyrrole nitrogens is 1. The number of para-hydroxylation sites is 1. The molecule has 1 saturated heterocycles. The minimum absolute atomic E-state index is 0.0115. The Balaban J connectivity index is 1.59. The summed E-state index contributed by atoms with van der Waals surface area (Å²) in [6.07, 6.45) is 1.06. The number of carbonyl (C=O) groups is 2. The highest BCUT2D eigenvalue weighted by atomic mass is 16.6. The third-order valence-electron chi connectivity index (χ3n) is 6.66. The zero-order valence-corrected chi connectivity index (χ0v) is 18.9. The van der Waals surface area contributed by atoms with Crippen LogP contribution < -0.4 is 0 Å². The third kappa shape index (κ3) is 3.71. The molecule has 34 heavy (non-hydrogen) atoms. The van der Waals surface area contributed by atoms with Gasteiger partial charge in [0.15, 0.2) is 0 Å². The van der Waals surface area contributed by atoms with E-state index in [2.05, 4.69) is 4.98 Å². The number of nitrogens with zero attached hydrogens (tertiary/aromatic N) is 3. The van der Waals surface area contributed by atoms with Crippen LogP contribution in [0.15, 0.2) is 48.5 Å². The lowest BCUT2D eigenvalue weighted by molar-refractivity contribution is -0.384. The van der Waals surface area contributed by atoms with Crippen molar-refractivity contribution in [2.75, 3.05) is 26.3 Å². The molecule has 0 unspecified atom stereocenters. The second kappa shape index (κ2) is 8.90. The Morgan fingerprint density at radius 2 is 2.00 bits per heavy atom. The van der Waals surface area contributed by atoms with Crippen molar-refractivity contribution in [1.29, 1.82) is 0 Å². The number of benzene rings is 2. The summed E-state index contributed by atoms with van der Waals surface area (Å²) in [6, 6.07) is 12.9. The van der Waals surface area contributed by atoms with E-state index >= 15 is 0 Å². The number of piperazine rings is 1. The number of ether oxygens (including phenoxy) is 1. The Morgan fingerprint density at radius 3 is 2.79 bits per heavy atom. The van der Waals surface area contributed by atoms with Gasteiger partial charge in [0.1, 0.15) is 6.04 Å². The number of aromatic nitrogens is 1. The fraction of sp³-hybridized carbons (Fsp3) is 0.360. The van der Waals surface area contributed by atoms with Gasteiger partial charge in [-0.25, -0.2) is 0 Å². The molecule has 9 heteroatoms. The monoisotopic (exact) mass is 462 g/mol. The van der Waals surface area contributed by atoms with Crippen LogP contribution in [0.2, 0.25) is 0 Å². The number of rotatable bonds is 7. The molecule has 1 fully saturated rings. The first-order chi connectivity index (χ1) is 16.5. The maximum Gasteiger partial charge on any atom is 0.269 e. The Bertz CT molecular complexity index is 1270. The SMILES string of the molecule is CCOCCCN1CC(=O)N2[C@H](c3cccc([N+](=O)[O-])c3)c3[nH]c4ccccc4c3C[C@@H]2C1=O. The number of nitro groups is 1. The molecule has 0 radical (unpaired) electrons. The highest BCUT2D eigenvalue weighted by Crippen LogP contribution is 2.43. The van der Waals surface area contributed by atoms with Gasteiger partial charge in [0.25, 0.3) is 5.69 Å². The molecule has 0 saturated carbocycles. The summed E-state index contributed by atoms with van der Waals surface area (Å²) in [7, 11) is 0. The van der Waals surface area contributed by atoms with E-state index in [0.29, 0.717) is 38.2 Å². The van der Waals surface area contributed by atoms with Gasteiger partial charge < -0.3 is 19.5 Å².